The molecule has 1 aliphatic heterocycles. The van der Waals surface area contributed by atoms with Crippen molar-refractivity contribution in [2.24, 2.45) is 5.92 Å². The molecule has 2 amide bonds. The largest absolute Gasteiger partial charge is 0.353 e. The van der Waals surface area contributed by atoms with Crippen molar-refractivity contribution in [2.75, 3.05) is 11.4 Å². The summed E-state index contributed by atoms with van der Waals surface area (Å²) < 4.78 is 0. The van der Waals surface area contributed by atoms with Gasteiger partial charge < -0.3 is 10.2 Å². The molecule has 1 heterocycles. The van der Waals surface area contributed by atoms with Gasteiger partial charge in [0.1, 0.15) is 0 Å². The number of aryl methyl sites for hydroxylation is 3. The summed E-state index contributed by atoms with van der Waals surface area (Å²) >= 11 is 0. The molecule has 2 unspecified atom stereocenters. The van der Waals surface area contributed by atoms with Crippen molar-refractivity contribution in [3.05, 3.63) is 65.2 Å². The first-order valence-electron chi connectivity index (χ1n) is 9.66. The van der Waals surface area contributed by atoms with Gasteiger partial charge in [0.15, 0.2) is 0 Å². The van der Waals surface area contributed by atoms with Crippen LogP contribution in [0.25, 0.3) is 0 Å². The molecule has 1 saturated heterocycles. The summed E-state index contributed by atoms with van der Waals surface area (Å²) in [7, 11) is 0. The van der Waals surface area contributed by atoms with E-state index in [4.69, 9.17) is 0 Å². The molecule has 0 aliphatic carbocycles. The molecule has 27 heavy (non-hydrogen) atoms. The summed E-state index contributed by atoms with van der Waals surface area (Å²) in [5, 5.41) is 3.09. The molecule has 3 rings (SSSR count). The third-order valence-corrected chi connectivity index (χ3v) is 5.24. The fraction of sp³-hybridized carbons (Fsp3) is 0.391. The Kier molecular flexibility index (Phi) is 5.94. The van der Waals surface area contributed by atoms with Gasteiger partial charge in [-0.25, -0.2) is 0 Å². The molecule has 0 spiro atoms. The maximum absolute atomic E-state index is 12.6. The zero-order valence-corrected chi connectivity index (χ0v) is 16.4. The van der Waals surface area contributed by atoms with Crippen LogP contribution in [0.3, 0.4) is 0 Å². The smallest absolute Gasteiger partial charge is 0.227 e. The van der Waals surface area contributed by atoms with Gasteiger partial charge in [-0.15, -0.1) is 0 Å². The Morgan fingerprint density at radius 3 is 2.63 bits per heavy atom. The van der Waals surface area contributed by atoms with Gasteiger partial charge in [0.25, 0.3) is 0 Å². The molecule has 0 bridgehead atoms. The van der Waals surface area contributed by atoms with E-state index in [-0.39, 0.29) is 30.2 Å². The molecule has 0 aromatic heterocycles. The molecule has 1 fully saturated rings. The van der Waals surface area contributed by atoms with E-state index in [1.54, 1.807) is 4.90 Å². The van der Waals surface area contributed by atoms with Crippen molar-refractivity contribution in [1.82, 2.24) is 5.32 Å². The third-order valence-electron chi connectivity index (χ3n) is 5.24. The van der Waals surface area contributed by atoms with Crippen LogP contribution in [0.1, 0.15) is 36.5 Å². The zero-order chi connectivity index (χ0) is 19.4. The van der Waals surface area contributed by atoms with E-state index < -0.39 is 0 Å². The van der Waals surface area contributed by atoms with Crippen LogP contribution in [0, 0.1) is 19.8 Å². The van der Waals surface area contributed by atoms with Gasteiger partial charge in [-0.1, -0.05) is 48.0 Å². The van der Waals surface area contributed by atoms with Crippen LogP contribution in [0.2, 0.25) is 0 Å². The standard InChI is InChI=1S/C23H28N2O2/c1-16-9-12-21(17(2)13-16)25-15-20(14-22(25)26)23(27)24-18(3)10-11-19-7-5-4-6-8-19/h4-9,12-13,18,20H,10-11,14-15H2,1-3H3,(H,24,27). The Morgan fingerprint density at radius 2 is 1.93 bits per heavy atom. The number of nitrogens with one attached hydrogen (secondary N) is 1. The van der Waals surface area contributed by atoms with E-state index in [2.05, 4.69) is 23.5 Å². The quantitative estimate of drug-likeness (QED) is 0.848. The van der Waals surface area contributed by atoms with Gasteiger partial charge in [0.05, 0.1) is 5.92 Å². The van der Waals surface area contributed by atoms with Gasteiger partial charge in [0.2, 0.25) is 11.8 Å². The van der Waals surface area contributed by atoms with Crippen LogP contribution in [-0.4, -0.2) is 24.4 Å². The van der Waals surface area contributed by atoms with Gasteiger partial charge in [-0.05, 0) is 50.8 Å². The monoisotopic (exact) mass is 364 g/mol. The maximum atomic E-state index is 12.6. The average molecular weight is 364 g/mol. The Balaban J connectivity index is 1.55. The lowest BCUT2D eigenvalue weighted by Gasteiger charge is -2.20. The normalized spacial score (nSPS) is 17.8. The van der Waals surface area contributed by atoms with E-state index in [0.29, 0.717) is 6.54 Å². The van der Waals surface area contributed by atoms with Crippen LogP contribution in [0.4, 0.5) is 5.69 Å². The summed E-state index contributed by atoms with van der Waals surface area (Å²) in [5.41, 5.74) is 4.43. The highest BCUT2D eigenvalue weighted by atomic mass is 16.2. The molecule has 4 heteroatoms. The Labute approximate surface area is 161 Å². The molecular formula is C23H28N2O2. The first-order valence-corrected chi connectivity index (χ1v) is 9.66. The molecule has 2 atom stereocenters. The minimum absolute atomic E-state index is 0.0174. The molecule has 0 radical (unpaired) electrons. The summed E-state index contributed by atoms with van der Waals surface area (Å²) in [5.74, 6) is -0.271. The van der Waals surface area contributed by atoms with Crippen molar-refractivity contribution >= 4 is 17.5 Å². The lowest BCUT2D eigenvalue weighted by Crippen LogP contribution is -2.38. The van der Waals surface area contributed by atoms with E-state index in [1.807, 2.05) is 51.1 Å². The molecule has 1 N–H and O–H groups in total. The molecular weight excluding hydrogens is 336 g/mol. The number of carbonyl (C=O) groups is 2. The van der Waals surface area contributed by atoms with Crippen molar-refractivity contribution in [3.63, 3.8) is 0 Å². The molecule has 142 valence electrons. The van der Waals surface area contributed by atoms with Crippen LogP contribution in [-0.2, 0) is 16.0 Å². The second kappa shape index (κ2) is 8.38. The number of nitrogens with zero attached hydrogens (tertiary/aromatic N) is 1. The number of hydrogen-bond acceptors (Lipinski definition) is 2. The van der Waals surface area contributed by atoms with E-state index in [0.717, 1.165) is 24.1 Å². The Bertz CT molecular complexity index is 816. The Hall–Kier alpha value is -2.62. The topological polar surface area (TPSA) is 49.4 Å². The Morgan fingerprint density at radius 1 is 1.19 bits per heavy atom. The fourth-order valence-corrected chi connectivity index (χ4v) is 3.68. The van der Waals surface area contributed by atoms with Crippen LogP contribution < -0.4 is 10.2 Å². The fourth-order valence-electron chi connectivity index (χ4n) is 3.68. The lowest BCUT2D eigenvalue weighted by atomic mass is 10.0. The zero-order valence-electron chi connectivity index (χ0n) is 16.4. The predicted molar refractivity (Wildman–Crippen MR) is 109 cm³/mol. The molecule has 2 aromatic carbocycles. The number of carbonyl (C=O) groups excluding carboxylic acids is 2. The first kappa shape index (κ1) is 19.2. The second-order valence-electron chi connectivity index (χ2n) is 7.63. The molecule has 0 saturated carbocycles. The lowest BCUT2D eigenvalue weighted by molar-refractivity contribution is -0.126. The SMILES string of the molecule is Cc1ccc(N2CC(C(=O)NC(C)CCc3ccccc3)CC2=O)c(C)c1. The van der Waals surface area contributed by atoms with Gasteiger partial charge >= 0.3 is 0 Å². The minimum atomic E-state index is -0.280. The number of benzene rings is 2. The minimum Gasteiger partial charge on any atom is -0.353 e. The van der Waals surface area contributed by atoms with Gasteiger partial charge in [0, 0.05) is 24.7 Å². The number of amides is 2. The summed E-state index contributed by atoms with van der Waals surface area (Å²) in [6.07, 6.45) is 2.10. The highest BCUT2D eigenvalue weighted by molar-refractivity contribution is 6.00. The highest BCUT2D eigenvalue weighted by Crippen LogP contribution is 2.28. The molecule has 4 nitrogen and oxygen atoms in total. The number of anilines is 1. The van der Waals surface area contributed by atoms with E-state index in [9.17, 15) is 9.59 Å². The summed E-state index contributed by atoms with van der Waals surface area (Å²) in [4.78, 5) is 26.9. The second-order valence-corrected chi connectivity index (χ2v) is 7.63. The van der Waals surface area contributed by atoms with Crippen molar-refractivity contribution < 1.29 is 9.59 Å². The summed E-state index contributed by atoms with van der Waals surface area (Å²) in [6.45, 7) is 6.53. The number of rotatable bonds is 6. The average Bonchev–Trinajstić information content (AvgIpc) is 3.02. The van der Waals surface area contributed by atoms with Crippen LogP contribution in [0.15, 0.2) is 48.5 Å². The maximum Gasteiger partial charge on any atom is 0.227 e. The third kappa shape index (κ3) is 4.76. The highest BCUT2D eigenvalue weighted by Gasteiger charge is 2.35. The summed E-state index contributed by atoms with van der Waals surface area (Å²) in [6, 6.07) is 16.4. The predicted octanol–water partition coefficient (Wildman–Crippen LogP) is 3.79. The van der Waals surface area contributed by atoms with Crippen molar-refractivity contribution in [2.45, 2.75) is 46.1 Å². The molecule has 1 aliphatic rings. The van der Waals surface area contributed by atoms with Crippen molar-refractivity contribution in [3.8, 4) is 0 Å². The van der Waals surface area contributed by atoms with E-state index in [1.165, 1.54) is 11.1 Å². The van der Waals surface area contributed by atoms with E-state index >= 15 is 0 Å². The van der Waals surface area contributed by atoms with Gasteiger partial charge in [-0.3, -0.25) is 9.59 Å². The van der Waals surface area contributed by atoms with Crippen LogP contribution >= 0.6 is 0 Å². The van der Waals surface area contributed by atoms with Crippen molar-refractivity contribution in [1.29, 1.82) is 0 Å². The molecule has 2 aromatic rings. The van der Waals surface area contributed by atoms with Gasteiger partial charge in [-0.2, -0.15) is 0 Å². The first-order chi connectivity index (χ1) is 12.9. The van der Waals surface area contributed by atoms with Crippen LogP contribution in [0.5, 0.6) is 0 Å². The number of hydrogen-bond donors (Lipinski definition) is 1.